The minimum atomic E-state index is -2.43. The number of carbonyl (C=O) groups is 1. The molecular formula is C23H31N5O6Si. The summed E-state index contributed by atoms with van der Waals surface area (Å²) in [5, 5.41) is 9.97. The average Bonchev–Trinajstić information content (AvgIpc) is 3.35. The fraction of sp³-hybridized carbons (Fsp3) is 0.478. The zero-order chi connectivity index (χ0) is 25.5. The minimum absolute atomic E-state index is 0.0742. The number of nitrogen functional groups attached to an aromatic ring is 1. The summed E-state index contributed by atoms with van der Waals surface area (Å²) in [7, 11) is -2.43. The maximum absolute atomic E-state index is 13.0. The molecule has 1 aromatic carbocycles. The first-order valence-electron chi connectivity index (χ1n) is 11.4. The number of anilines is 1. The van der Waals surface area contributed by atoms with Crippen LogP contribution in [0.5, 0.6) is 0 Å². The summed E-state index contributed by atoms with van der Waals surface area (Å²) < 4.78 is 20.3. The lowest BCUT2D eigenvalue weighted by Crippen LogP contribution is -2.50. The van der Waals surface area contributed by atoms with E-state index in [9.17, 15) is 14.7 Å². The van der Waals surface area contributed by atoms with Crippen molar-refractivity contribution < 1.29 is 23.8 Å². The van der Waals surface area contributed by atoms with Crippen molar-refractivity contribution in [1.82, 2.24) is 19.5 Å². The van der Waals surface area contributed by atoms with Gasteiger partial charge in [0.1, 0.15) is 12.2 Å². The Kier molecular flexibility index (Phi) is 6.57. The number of esters is 1. The van der Waals surface area contributed by atoms with E-state index in [0.29, 0.717) is 5.56 Å². The van der Waals surface area contributed by atoms with Crippen molar-refractivity contribution in [1.29, 1.82) is 0 Å². The van der Waals surface area contributed by atoms with Crippen LogP contribution < -0.4 is 11.3 Å². The SMILES string of the molecule is CC(C)(C)[Si](C)(C)O[C@@H]1[C@@H](OC(=O)c2ccccc2)[C@@H](CO)O[C@H]1n1cnc2c(=O)[nH]c(N)nc21. The van der Waals surface area contributed by atoms with Crippen LogP contribution in [0.1, 0.15) is 37.4 Å². The van der Waals surface area contributed by atoms with Crippen molar-refractivity contribution in [2.45, 2.75) is 63.4 Å². The molecule has 0 spiro atoms. The fourth-order valence-corrected chi connectivity index (χ4v) is 5.04. The number of aromatic nitrogens is 4. The van der Waals surface area contributed by atoms with E-state index in [2.05, 4.69) is 48.8 Å². The molecule has 188 valence electrons. The van der Waals surface area contributed by atoms with Crippen molar-refractivity contribution >= 4 is 31.4 Å². The Morgan fingerprint density at radius 2 is 1.94 bits per heavy atom. The number of fused-ring (bicyclic) bond motifs is 1. The largest absolute Gasteiger partial charge is 0.453 e. The number of aromatic amines is 1. The number of nitrogens with zero attached hydrogens (tertiary/aromatic N) is 3. The van der Waals surface area contributed by atoms with Gasteiger partial charge in [0.2, 0.25) is 5.95 Å². The van der Waals surface area contributed by atoms with E-state index < -0.39 is 51.0 Å². The third-order valence-electron chi connectivity index (χ3n) is 6.68. The van der Waals surface area contributed by atoms with Crippen LogP contribution in [0.15, 0.2) is 41.5 Å². The maximum atomic E-state index is 13.0. The quantitative estimate of drug-likeness (QED) is 0.340. The molecule has 0 saturated carbocycles. The fourth-order valence-electron chi connectivity index (χ4n) is 3.76. The van der Waals surface area contributed by atoms with Crippen LogP contribution >= 0.6 is 0 Å². The van der Waals surface area contributed by atoms with E-state index in [1.165, 1.54) is 10.9 Å². The number of aliphatic hydroxyl groups is 1. The number of H-pyrrole nitrogens is 1. The number of aliphatic hydroxyl groups excluding tert-OH is 1. The molecule has 1 aliphatic heterocycles. The van der Waals surface area contributed by atoms with E-state index in [4.69, 9.17) is 19.6 Å². The molecule has 3 heterocycles. The highest BCUT2D eigenvalue weighted by Gasteiger charge is 2.53. The van der Waals surface area contributed by atoms with Crippen LogP contribution in [0, 0.1) is 0 Å². The molecule has 1 aliphatic rings. The van der Waals surface area contributed by atoms with E-state index in [1.807, 2.05) is 0 Å². The van der Waals surface area contributed by atoms with Crippen LogP contribution in [0.25, 0.3) is 11.2 Å². The van der Waals surface area contributed by atoms with Gasteiger partial charge in [-0.3, -0.25) is 14.3 Å². The van der Waals surface area contributed by atoms with Crippen LogP contribution in [-0.4, -0.2) is 63.8 Å². The average molecular weight is 502 g/mol. The standard InChI is InChI=1S/C23H31N5O6Si/c1-23(2,3)35(4,5)34-17-16(33-21(31)13-9-7-6-8-10-13)14(11-29)32-20(17)28-12-25-15-18(28)26-22(24)27-19(15)30/h6-10,12,14,16-17,20,29H,11H2,1-5H3,(H3,24,26,27,30)/t14-,16+,17-,20-/m1/s1. The second kappa shape index (κ2) is 9.19. The first kappa shape index (κ1) is 25.0. The topological polar surface area (TPSA) is 155 Å². The summed E-state index contributed by atoms with van der Waals surface area (Å²) in [6.07, 6.45) is -2.08. The molecule has 0 bridgehead atoms. The molecule has 4 N–H and O–H groups in total. The number of rotatable bonds is 6. The molecule has 0 aliphatic carbocycles. The Hall–Kier alpha value is -3.06. The predicted octanol–water partition coefficient (Wildman–Crippen LogP) is 2.21. The summed E-state index contributed by atoms with van der Waals surface area (Å²) in [5.41, 5.74) is 5.94. The number of carbonyl (C=O) groups excluding carboxylic acids is 1. The Balaban J connectivity index is 1.78. The molecule has 11 nitrogen and oxygen atoms in total. The van der Waals surface area contributed by atoms with E-state index >= 15 is 0 Å². The van der Waals surface area contributed by atoms with Gasteiger partial charge in [0.25, 0.3) is 5.56 Å². The van der Waals surface area contributed by atoms with Gasteiger partial charge >= 0.3 is 5.97 Å². The molecule has 1 saturated heterocycles. The predicted molar refractivity (Wildman–Crippen MR) is 131 cm³/mol. The van der Waals surface area contributed by atoms with Gasteiger partial charge in [0.05, 0.1) is 18.5 Å². The Bertz CT molecular complexity index is 1270. The highest BCUT2D eigenvalue weighted by Crippen LogP contribution is 2.43. The lowest BCUT2D eigenvalue weighted by Gasteiger charge is -2.40. The maximum Gasteiger partial charge on any atom is 0.338 e. The van der Waals surface area contributed by atoms with Crippen molar-refractivity contribution in [2.75, 3.05) is 12.3 Å². The van der Waals surface area contributed by atoms with Crippen LogP contribution in [-0.2, 0) is 13.9 Å². The molecule has 4 atom stereocenters. The molecule has 4 rings (SSSR count). The van der Waals surface area contributed by atoms with Gasteiger partial charge < -0.3 is 24.7 Å². The lowest BCUT2D eigenvalue weighted by molar-refractivity contribution is -0.0522. The van der Waals surface area contributed by atoms with Crippen LogP contribution in [0.3, 0.4) is 0 Å². The van der Waals surface area contributed by atoms with Crippen molar-refractivity contribution in [3.05, 3.63) is 52.6 Å². The van der Waals surface area contributed by atoms with Crippen molar-refractivity contribution in [3.63, 3.8) is 0 Å². The number of nitrogens with two attached hydrogens (primary N) is 1. The first-order valence-corrected chi connectivity index (χ1v) is 14.3. The van der Waals surface area contributed by atoms with Crippen molar-refractivity contribution in [3.8, 4) is 0 Å². The normalized spacial score (nSPS) is 23.0. The molecule has 35 heavy (non-hydrogen) atoms. The third kappa shape index (κ3) is 4.74. The summed E-state index contributed by atoms with van der Waals surface area (Å²) in [4.78, 5) is 36.1. The van der Waals surface area contributed by atoms with Crippen LogP contribution in [0.2, 0.25) is 18.1 Å². The van der Waals surface area contributed by atoms with Gasteiger partial charge in [0, 0.05) is 0 Å². The summed E-state index contributed by atoms with van der Waals surface area (Å²) in [5.74, 6) is -0.633. The third-order valence-corrected chi connectivity index (χ3v) is 11.2. The number of nitrogens with one attached hydrogen (secondary N) is 1. The summed E-state index contributed by atoms with van der Waals surface area (Å²) >= 11 is 0. The number of hydrogen-bond acceptors (Lipinski definition) is 9. The zero-order valence-electron chi connectivity index (χ0n) is 20.4. The molecular weight excluding hydrogens is 470 g/mol. The van der Waals surface area contributed by atoms with Gasteiger partial charge in [-0.05, 0) is 30.3 Å². The molecule has 0 amide bonds. The molecule has 1 fully saturated rings. The van der Waals surface area contributed by atoms with Gasteiger partial charge in [-0.1, -0.05) is 39.0 Å². The molecule has 3 aromatic rings. The van der Waals surface area contributed by atoms with Gasteiger partial charge in [-0.25, -0.2) is 9.78 Å². The first-order chi connectivity index (χ1) is 16.4. The van der Waals surface area contributed by atoms with Gasteiger partial charge in [0.15, 0.2) is 31.8 Å². The minimum Gasteiger partial charge on any atom is -0.453 e. The highest BCUT2D eigenvalue weighted by atomic mass is 28.4. The molecule has 2 aromatic heterocycles. The second-order valence-electron chi connectivity index (χ2n) is 10.1. The van der Waals surface area contributed by atoms with E-state index in [1.54, 1.807) is 30.3 Å². The summed E-state index contributed by atoms with van der Waals surface area (Å²) in [6.45, 7) is 10.00. The second-order valence-corrected chi connectivity index (χ2v) is 14.9. The number of imidazole rings is 1. The smallest absolute Gasteiger partial charge is 0.338 e. The number of hydrogen-bond donors (Lipinski definition) is 3. The molecule has 0 radical (unpaired) electrons. The zero-order valence-corrected chi connectivity index (χ0v) is 21.4. The van der Waals surface area contributed by atoms with Gasteiger partial charge in [-0.15, -0.1) is 0 Å². The monoisotopic (exact) mass is 501 g/mol. The Morgan fingerprint density at radius 3 is 2.57 bits per heavy atom. The molecule has 0 unspecified atom stereocenters. The van der Waals surface area contributed by atoms with E-state index in [0.717, 1.165) is 0 Å². The van der Waals surface area contributed by atoms with E-state index in [-0.39, 0.29) is 22.2 Å². The molecule has 12 heteroatoms. The van der Waals surface area contributed by atoms with Crippen LogP contribution in [0.4, 0.5) is 5.95 Å². The number of benzene rings is 1. The van der Waals surface area contributed by atoms with Gasteiger partial charge in [-0.2, -0.15) is 4.98 Å². The lowest BCUT2D eigenvalue weighted by atomic mass is 10.1. The Morgan fingerprint density at radius 1 is 1.26 bits per heavy atom. The highest BCUT2D eigenvalue weighted by molar-refractivity contribution is 6.74. The van der Waals surface area contributed by atoms with Crippen molar-refractivity contribution in [2.24, 2.45) is 0 Å². The Labute approximate surface area is 203 Å². The number of ether oxygens (including phenoxy) is 2. The summed E-state index contributed by atoms with van der Waals surface area (Å²) in [6, 6.07) is 8.58.